The van der Waals surface area contributed by atoms with E-state index in [1.165, 1.54) is 49.7 Å². The molecule has 0 saturated carbocycles. The maximum Gasteiger partial charge on any atom is 0.264 e. The number of piperidine rings is 1. The van der Waals surface area contributed by atoms with Gasteiger partial charge in [0.2, 0.25) is 5.91 Å². The summed E-state index contributed by atoms with van der Waals surface area (Å²) >= 11 is 1.32. The Hall–Kier alpha value is -2.50. The first kappa shape index (κ1) is 27.1. The largest absolute Gasteiger partial charge is 0.383 e. The number of nitrogens with one attached hydrogen (secondary N) is 2. The average molecular weight is 502 g/mol. The van der Waals surface area contributed by atoms with E-state index in [2.05, 4.69) is 39.8 Å². The van der Waals surface area contributed by atoms with Crippen molar-refractivity contribution in [3.8, 4) is 6.07 Å². The molecular formula is C27H43N5O2S. The molecule has 2 fully saturated rings. The SMILES string of the molecule is CCCCNC(=O)/C(C#N)=C1\SC(CNc2ccc(CCN3CCCCC3)cc2)C(=O)N1CCC.[HH].[HH]. The van der Waals surface area contributed by atoms with E-state index in [1.807, 2.05) is 19.9 Å². The lowest BCUT2D eigenvalue weighted by Crippen LogP contribution is -2.34. The Balaban J connectivity index is 0.00000342. The van der Waals surface area contributed by atoms with Crippen LogP contribution >= 0.6 is 11.8 Å². The average Bonchev–Trinajstić information content (AvgIpc) is 3.18. The van der Waals surface area contributed by atoms with Crippen LogP contribution < -0.4 is 10.6 Å². The van der Waals surface area contributed by atoms with E-state index in [4.69, 9.17) is 0 Å². The highest BCUT2D eigenvalue weighted by molar-refractivity contribution is 8.04. The van der Waals surface area contributed by atoms with Crippen molar-refractivity contribution >= 4 is 29.3 Å². The molecule has 7 nitrogen and oxygen atoms in total. The summed E-state index contributed by atoms with van der Waals surface area (Å²) in [6.45, 7) is 9.03. The normalized spacial score (nSPS) is 20.0. The number of rotatable bonds is 12. The minimum absolute atomic E-state index is 0. The van der Waals surface area contributed by atoms with E-state index < -0.39 is 5.91 Å². The van der Waals surface area contributed by atoms with Crippen molar-refractivity contribution < 1.29 is 12.4 Å². The van der Waals surface area contributed by atoms with Crippen LogP contribution in [0.2, 0.25) is 0 Å². The fourth-order valence-corrected chi connectivity index (χ4v) is 5.64. The Bertz CT molecular complexity index is 930. The molecule has 1 aromatic carbocycles. The van der Waals surface area contributed by atoms with Gasteiger partial charge < -0.3 is 20.4 Å². The van der Waals surface area contributed by atoms with Crippen LogP contribution in [0.5, 0.6) is 0 Å². The van der Waals surface area contributed by atoms with Gasteiger partial charge in [0.05, 0.1) is 0 Å². The van der Waals surface area contributed by atoms with Gasteiger partial charge in [-0.25, -0.2) is 0 Å². The van der Waals surface area contributed by atoms with Crippen LogP contribution in [0.4, 0.5) is 5.69 Å². The maximum absolute atomic E-state index is 13.1. The zero-order chi connectivity index (χ0) is 25.0. The van der Waals surface area contributed by atoms with E-state index in [-0.39, 0.29) is 19.6 Å². The Morgan fingerprint density at radius 2 is 1.89 bits per heavy atom. The van der Waals surface area contributed by atoms with Crippen LogP contribution in [-0.2, 0) is 16.0 Å². The molecule has 8 heteroatoms. The van der Waals surface area contributed by atoms with Gasteiger partial charge in [-0.15, -0.1) is 0 Å². The van der Waals surface area contributed by atoms with Gasteiger partial charge in [0.15, 0.2) is 0 Å². The van der Waals surface area contributed by atoms with E-state index in [9.17, 15) is 14.9 Å². The number of amides is 2. The Morgan fingerprint density at radius 1 is 1.14 bits per heavy atom. The second-order valence-corrected chi connectivity index (χ2v) is 10.4. The molecule has 2 heterocycles. The highest BCUT2D eigenvalue weighted by Crippen LogP contribution is 2.37. The van der Waals surface area contributed by atoms with Gasteiger partial charge in [0.25, 0.3) is 5.91 Å². The molecule has 2 N–H and O–H groups in total. The van der Waals surface area contributed by atoms with Crippen molar-refractivity contribution in [3.05, 3.63) is 40.4 Å². The summed E-state index contributed by atoms with van der Waals surface area (Å²) in [7, 11) is 0. The molecular weight excluding hydrogens is 458 g/mol. The van der Waals surface area contributed by atoms with E-state index in [0.717, 1.165) is 37.9 Å². The van der Waals surface area contributed by atoms with Crippen molar-refractivity contribution in [2.75, 3.05) is 44.6 Å². The first-order chi connectivity index (χ1) is 17.1. The summed E-state index contributed by atoms with van der Waals surface area (Å²) in [5.74, 6) is -0.447. The third-order valence-corrected chi connectivity index (χ3v) is 7.77. The molecule has 3 rings (SSSR count). The summed E-state index contributed by atoms with van der Waals surface area (Å²) in [5, 5.41) is 16.0. The lowest BCUT2D eigenvalue weighted by atomic mass is 10.1. The zero-order valence-electron chi connectivity index (χ0n) is 21.1. The molecule has 1 atom stereocenters. The molecule has 2 aliphatic heterocycles. The van der Waals surface area contributed by atoms with Gasteiger partial charge in [0.1, 0.15) is 21.9 Å². The van der Waals surface area contributed by atoms with Gasteiger partial charge in [-0.3, -0.25) is 9.59 Å². The fraction of sp³-hybridized carbons (Fsp3) is 0.593. The van der Waals surface area contributed by atoms with Crippen LogP contribution in [-0.4, -0.2) is 66.1 Å². The monoisotopic (exact) mass is 501 g/mol. The molecule has 0 bridgehead atoms. The quantitative estimate of drug-likeness (QED) is 0.247. The van der Waals surface area contributed by atoms with Crippen LogP contribution in [0.25, 0.3) is 0 Å². The molecule has 2 amide bonds. The van der Waals surface area contributed by atoms with Crippen molar-refractivity contribution in [1.82, 2.24) is 15.1 Å². The first-order valence-electron chi connectivity index (χ1n) is 13.0. The molecule has 0 aromatic heterocycles. The number of thioether (sulfide) groups is 1. The minimum atomic E-state index is -0.397. The molecule has 2 aliphatic rings. The molecule has 0 spiro atoms. The second kappa shape index (κ2) is 14.2. The summed E-state index contributed by atoms with van der Waals surface area (Å²) < 4.78 is 0. The minimum Gasteiger partial charge on any atom is -0.383 e. The van der Waals surface area contributed by atoms with Crippen LogP contribution in [0, 0.1) is 11.3 Å². The topological polar surface area (TPSA) is 88.5 Å². The number of likely N-dealkylation sites (tertiary alicyclic amines) is 1. The number of nitriles is 1. The summed E-state index contributed by atoms with van der Waals surface area (Å²) in [5.41, 5.74) is 2.32. The number of carbonyl (C=O) groups is 2. The highest BCUT2D eigenvalue weighted by Gasteiger charge is 2.39. The molecule has 2 saturated heterocycles. The first-order valence-corrected chi connectivity index (χ1v) is 13.9. The van der Waals surface area contributed by atoms with Crippen molar-refractivity contribution in [2.45, 2.75) is 64.0 Å². The predicted molar refractivity (Wildman–Crippen MR) is 147 cm³/mol. The van der Waals surface area contributed by atoms with Crippen molar-refractivity contribution in [1.29, 1.82) is 5.26 Å². The third-order valence-electron chi connectivity index (χ3n) is 6.47. The number of unbranched alkanes of at least 4 members (excludes halogenated alkanes) is 1. The number of benzene rings is 1. The lowest BCUT2D eigenvalue weighted by Gasteiger charge is -2.26. The number of anilines is 1. The van der Waals surface area contributed by atoms with Crippen molar-refractivity contribution in [3.63, 3.8) is 0 Å². The van der Waals surface area contributed by atoms with Crippen molar-refractivity contribution in [2.24, 2.45) is 0 Å². The van der Waals surface area contributed by atoms with Crippen LogP contribution in [0.1, 0.15) is 60.8 Å². The highest BCUT2D eigenvalue weighted by atomic mass is 32.2. The summed E-state index contributed by atoms with van der Waals surface area (Å²) in [4.78, 5) is 29.9. The second-order valence-electron chi connectivity index (χ2n) is 9.23. The van der Waals surface area contributed by atoms with Gasteiger partial charge in [-0.1, -0.05) is 50.6 Å². The Morgan fingerprint density at radius 3 is 2.54 bits per heavy atom. The predicted octanol–water partition coefficient (Wildman–Crippen LogP) is 4.62. The Kier molecular flexibility index (Phi) is 11.0. The standard InChI is InChI=1S/C27H39N5O2S.2H2/c1-3-5-14-29-25(33)23(19-28)27-32(15-4-2)26(34)24(35-27)20-30-22-11-9-21(10-12-22)13-18-31-16-7-6-8-17-31;;/h9-12,24,30H,3-8,13-18,20H2,1-2H3,(H,29,33);2*1H/b27-23-;;. The van der Waals surface area contributed by atoms with Gasteiger partial charge in [-0.2, -0.15) is 5.26 Å². The number of hydrogen-bond donors (Lipinski definition) is 2. The number of carbonyl (C=O) groups excluding carboxylic acids is 2. The molecule has 194 valence electrons. The maximum atomic E-state index is 13.1. The number of hydrogen-bond acceptors (Lipinski definition) is 6. The molecule has 1 unspecified atom stereocenters. The molecule has 35 heavy (non-hydrogen) atoms. The van der Waals surface area contributed by atoms with Crippen LogP contribution in [0.15, 0.2) is 34.9 Å². The molecule has 0 radical (unpaired) electrons. The van der Waals surface area contributed by atoms with E-state index in [1.54, 1.807) is 4.90 Å². The zero-order valence-corrected chi connectivity index (χ0v) is 22.0. The molecule has 1 aromatic rings. The summed E-state index contributed by atoms with van der Waals surface area (Å²) in [6.07, 6.45) is 7.60. The van der Waals surface area contributed by atoms with Gasteiger partial charge >= 0.3 is 0 Å². The molecule has 0 aliphatic carbocycles. The fourth-order valence-electron chi connectivity index (χ4n) is 4.41. The van der Waals surface area contributed by atoms with E-state index >= 15 is 0 Å². The summed E-state index contributed by atoms with van der Waals surface area (Å²) in [6, 6.07) is 10.5. The van der Waals surface area contributed by atoms with Crippen LogP contribution in [0.3, 0.4) is 0 Å². The third kappa shape index (κ3) is 7.74. The van der Waals surface area contributed by atoms with Gasteiger partial charge in [-0.05, 0) is 62.9 Å². The number of nitrogens with zero attached hydrogens (tertiary/aromatic N) is 3. The lowest BCUT2D eigenvalue weighted by molar-refractivity contribution is -0.127. The smallest absolute Gasteiger partial charge is 0.264 e. The van der Waals surface area contributed by atoms with E-state index in [0.29, 0.717) is 24.7 Å². The van der Waals surface area contributed by atoms with Gasteiger partial charge in [0, 0.05) is 34.7 Å². The Labute approximate surface area is 217 Å².